The van der Waals surface area contributed by atoms with Gasteiger partial charge in [0.15, 0.2) is 11.6 Å². The molecule has 188 valence electrons. The van der Waals surface area contributed by atoms with E-state index in [2.05, 4.69) is 52.0 Å². The average molecular weight is 479 g/mol. The van der Waals surface area contributed by atoms with E-state index >= 15 is 0 Å². The lowest BCUT2D eigenvalue weighted by molar-refractivity contribution is 0.285. The zero-order valence-electron chi connectivity index (χ0n) is 21.8. The van der Waals surface area contributed by atoms with Gasteiger partial charge in [0.1, 0.15) is 0 Å². The third-order valence-electron chi connectivity index (χ3n) is 6.45. The summed E-state index contributed by atoms with van der Waals surface area (Å²) in [6.45, 7) is 9.37. The normalized spacial score (nSPS) is 11.6. The van der Waals surface area contributed by atoms with Gasteiger partial charge in [0, 0.05) is 5.56 Å². The molecule has 0 radical (unpaired) electrons. The number of aryl methyl sites for hydroxylation is 1. The lowest BCUT2D eigenvalue weighted by Crippen LogP contribution is -2.06. The van der Waals surface area contributed by atoms with E-state index in [0.29, 0.717) is 17.6 Å². The maximum atomic E-state index is 14.8. The van der Waals surface area contributed by atoms with Crippen molar-refractivity contribution in [2.24, 2.45) is 5.41 Å². The Balaban J connectivity index is 1.61. The number of hydrogen-bond acceptors (Lipinski definition) is 1. The van der Waals surface area contributed by atoms with E-state index in [9.17, 15) is 8.78 Å². The standard InChI is InChI=1S/C32H40F2O/c1-5-6-7-8-9-10-23-35-29-20-19-28(30(33)31(29)34)27-17-15-26(16-18-27)25-13-11-24(12-14-25)21-22-32(2,3)4/h11-20H,5-10,21-23H2,1-4H3. The van der Waals surface area contributed by atoms with Gasteiger partial charge in [0.25, 0.3) is 0 Å². The predicted octanol–water partition coefficient (Wildman–Crippen LogP) is 10.0. The summed E-state index contributed by atoms with van der Waals surface area (Å²) in [5, 5.41) is 0. The maximum absolute atomic E-state index is 14.8. The number of benzene rings is 3. The van der Waals surface area contributed by atoms with Crippen molar-refractivity contribution in [3.63, 3.8) is 0 Å². The van der Waals surface area contributed by atoms with Crippen molar-refractivity contribution in [2.75, 3.05) is 6.61 Å². The molecule has 0 saturated heterocycles. The molecule has 3 heteroatoms. The molecule has 0 amide bonds. The van der Waals surface area contributed by atoms with E-state index in [4.69, 9.17) is 4.74 Å². The Bertz CT molecular complexity index is 1050. The lowest BCUT2D eigenvalue weighted by Gasteiger charge is -2.17. The van der Waals surface area contributed by atoms with Gasteiger partial charge in [0.05, 0.1) is 6.61 Å². The number of halogens is 2. The highest BCUT2D eigenvalue weighted by Crippen LogP contribution is 2.32. The van der Waals surface area contributed by atoms with Crippen LogP contribution in [0.5, 0.6) is 5.75 Å². The highest BCUT2D eigenvalue weighted by molar-refractivity contribution is 5.71. The third kappa shape index (κ3) is 8.19. The van der Waals surface area contributed by atoms with Crippen molar-refractivity contribution in [2.45, 2.75) is 79.1 Å². The summed E-state index contributed by atoms with van der Waals surface area (Å²) < 4.78 is 35.0. The smallest absolute Gasteiger partial charge is 0.201 e. The fraction of sp³-hybridized carbons (Fsp3) is 0.438. The predicted molar refractivity (Wildman–Crippen MR) is 144 cm³/mol. The molecular weight excluding hydrogens is 438 g/mol. The summed E-state index contributed by atoms with van der Waals surface area (Å²) >= 11 is 0. The average Bonchev–Trinajstić information content (AvgIpc) is 2.85. The van der Waals surface area contributed by atoms with Crippen LogP contribution in [0.25, 0.3) is 22.3 Å². The van der Waals surface area contributed by atoms with Crippen LogP contribution < -0.4 is 4.74 Å². The van der Waals surface area contributed by atoms with Gasteiger partial charge in [0.2, 0.25) is 5.82 Å². The molecular formula is C32H40F2O. The molecule has 35 heavy (non-hydrogen) atoms. The quantitative estimate of drug-likeness (QED) is 0.235. The molecule has 0 aromatic heterocycles. The van der Waals surface area contributed by atoms with Gasteiger partial charge in [-0.15, -0.1) is 0 Å². The summed E-state index contributed by atoms with van der Waals surface area (Å²) in [5.74, 6) is -1.78. The second-order valence-corrected chi connectivity index (χ2v) is 10.7. The molecule has 0 unspecified atom stereocenters. The Morgan fingerprint density at radius 2 is 1.23 bits per heavy atom. The molecule has 0 aliphatic carbocycles. The molecule has 3 aromatic rings. The van der Waals surface area contributed by atoms with Crippen LogP contribution in [0.2, 0.25) is 0 Å². The molecule has 3 aromatic carbocycles. The van der Waals surface area contributed by atoms with Gasteiger partial charge in [-0.3, -0.25) is 0 Å². The zero-order chi connectivity index (χ0) is 25.3. The molecule has 0 aliphatic rings. The molecule has 3 rings (SSSR count). The fourth-order valence-corrected chi connectivity index (χ4v) is 4.16. The van der Waals surface area contributed by atoms with Gasteiger partial charge < -0.3 is 4.74 Å². The molecule has 0 saturated carbocycles. The monoisotopic (exact) mass is 478 g/mol. The molecule has 0 atom stereocenters. The lowest BCUT2D eigenvalue weighted by atomic mass is 9.88. The van der Waals surface area contributed by atoms with Crippen molar-refractivity contribution >= 4 is 0 Å². The zero-order valence-corrected chi connectivity index (χ0v) is 21.8. The Kier molecular flexibility index (Phi) is 9.89. The largest absolute Gasteiger partial charge is 0.490 e. The van der Waals surface area contributed by atoms with Gasteiger partial charge in [-0.05, 0) is 59.1 Å². The molecule has 0 N–H and O–H groups in total. The minimum atomic E-state index is -0.914. The molecule has 0 aliphatic heterocycles. The van der Waals surface area contributed by atoms with E-state index < -0.39 is 11.6 Å². The summed E-state index contributed by atoms with van der Waals surface area (Å²) in [6.07, 6.45) is 8.94. The number of ether oxygens (including phenoxy) is 1. The van der Waals surface area contributed by atoms with Gasteiger partial charge in [-0.25, -0.2) is 4.39 Å². The first kappa shape index (κ1) is 26.9. The molecule has 0 heterocycles. The number of hydrogen-bond donors (Lipinski definition) is 0. The van der Waals surface area contributed by atoms with Crippen LogP contribution in [0.3, 0.4) is 0 Å². The maximum Gasteiger partial charge on any atom is 0.201 e. The first-order chi connectivity index (χ1) is 16.8. The van der Waals surface area contributed by atoms with Crippen molar-refractivity contribution in [1.29, 1.82) is 0 Å². The second kappa shape index (κ2) is 12.9. The minimum Gasteiger partial charge on any atom is -0.490 e. The van der Waals surface area contributed by atoms with Crippen molar-refractivity contribution in [3.05, 3.63) is 77.9 Å². The Morgan fingerprint density at radius 1 is 0.657 bits per heavy atom. The topological polar surface area (TPSA) is 9.23 Å². The van der Waals surface area contributed by atoms with Crippen LogP contribution in [0.4, 0.5) is 8.78 Å². The molecule has 0 spiro atoms. The van der Waals surface area contributed by atoms with Crippen molar-refractivity contribution in [3.8, 4) is 28.0 Å². The molecule has 0 fully saturated rings. The van der Waals surface area contributed by atoms with Crippen molar-refractivity contribution in [1.82, 2.24) is 0 Å². The Hall–Kier alpha value is -2.68. The van der Waals surface area contributed by atoms with Crippen LogP contribution >= 0.6 is 0 Å². The molecule has 0 bridgehead atoms. The van der Waals surface area contributed by atoms with Crippen LogP contribution in [0.15, 0.2) is 60.7 Å². The van der Waals surface area contributed by atoms with Crippen LogP contribution in [0, 0.1) is 17.0 Å². The fourth-order valence-electron chi connectivity index (χ4n) is 4.16. The summed E-state index contributed by atoms with van der Waals surface area (Å²) in [6, 6.07) is 19.4. The van der Waals surface area contributed by atoms with E-state index in [-0.39, 0.29) is 11.3 Å². The highest BCUT2D eigenvalue weighted by atomic mass is 19.2. The molecule has 1 nitrogen and oxygen atoms in total. The highest BCUT2D eigenvalue weighted by Gasteiger charge is 2.16. The van der Waals surface area contributed by atoms with E-state index in [1.807, 2.05) is 24.3 Å². The van der Waals surface area contributed by atoms with Gasteiger partial charge in [-0.2, -0.15) is 4.39 Å². The summed E-state index contributed by atoms with van der Waals surface area (Å²) in [7, 11) is 0. The SMILES string of the molecule is CCCCCCCCOc1ccc(-c2ccc(-c3ccc(CCC(C)(C)C)cc3)cc2)c(F)c1F. The van der Waals surface area contributed by atoms with Crippen LogP contribution in [-0.2, 0) is 6.42 Å². The van der Waals surface area contributed by atoms with Crippen molar-refractivity contribution < 1.29 is 13.5 Å². The second-order valence-electron chi connectivity index (χ2n) is 10.7. The third-order valence-corrected chi connectivity index (χ3v) is 6.45. The number of unbranched alkanes of at least 4 members (excludes halogenated alkanes) is 5. The minimum absolute atomic E-state index is 0.0111. The van der Waals surface area contributed by atoms with Crippen LogP contribution in [-0.4, -0.2) is 6.61 Å². The summed E-state index contributed by atoms with van der Waals surface area (Å²) in [4.78, 5) is 0. The van der Waals surface area contributed by atoms with E-state index in [1.54, 1.807) is 6.07 Å². The number of rotatable bonds is 12. The first-order valence-electron chi connectivity index (χ1n) is 13.1. The first-order valence-corrected chi connectivity index (χ1v) is 13.1. The summed E-state index contributed by atoms with van der Waals surface area (Å²) in [5.41, 5.74) is 4.71. The Morgan fingerprint density at radius 3 is 1.86 bits per heavy atom. The Labute approximate surface area is 210 Å². The van der Waals surface area contributed by atoms with E-state index in [0.717, 1.165) is 43.2 Å². The van der Waals surface area contributed by atoms with Gasteiger partial charge >= 0.3 is 0 Å². The van der Waals surface area contributed by atoms with E-state index in [1.165, 1.54) is 30.9 Å². The van der Waals surface area contributed by atoms with Gasteiger partial charge in [-0.1, -0.05) is 108 Å². The van der Waals surface area contributed by atoms with Crippen LogP contribution in [0.1, 0.15) is 78.2 Å².